The molecule has 5 nitrogen and oxygen atoms in total. The Kier molecular flexibility index (Phi) is 5.11. The van der Waals surface area contributed by atoms with Crippen LogP contribution >= 0.6 is 11.6 Å². The topological polar surface area (TPSA) is 58.1 Å². The van der Waals surface area contributed by atoms with E-state index in [-0.39, 0.29) is 16.8 Å². The first kappa shape index (κ1) is 15.3. The van der Waals surface area contributed by atoms with E-state index in [1.807, 2.05) is 12.1 Å². The summed E-state index contributed by atoms with van der Waals surface area (Å²) >= 11 is 5.77. The summed E-state index contributed by atoms with van der Waals surface area (Å²) < 4.78 is 0. The van der Waals surface area contributed by atoms with Crippen LogP contribution in [0, 0.1) is 0 Å². The Balaban J connectivity index is 2.08. The number of rotatable bonds is 5. The zero-order valence-corrected chi connectivity index (χ0v) is 12.8. The van der Waals surface area contributed by atoms with E-state index < -0.39 is 0 Å². The first-order valence-electron chi connectivity index (χ1n) is 6.79. The van der Waals surface area contributed by atoms with Gasteiger partial charge in [-0.1, -0.05) is 17.7 Å². The zero-order chi connectivity index (χ0) is 15.2. The molecule has 21 heavy (non-hydrogen) atoms. The van der Waals surface area contributed by atoms with Crippen molar-refractivity contribution in [3.05, 3.63) is 47.4 Å². The van der Waals surface area contributed by atoms with Crippen LogP contribution in [-0.2, 0) is 0 Å². The van der Waals surface area contributed by atoms with Crippen LogP contribution in [0.15, 0.2) is 36.5 Å². The number of anilines is 2. The van der Waals surface area contributed by atoms with Gasteiger partial charge in [0.2, 0.25) is 0 Å². The maximum atomic E-state index is 12.0. The molecule has 2 rings (SSSR count). The van der Waals surface area contributed by atoms with Gasteiger partial charge in [0.1, 0.15) is 16.7 Å². The smallest absolute Gasteiger partial charge is 0.274 e. The van der Waals surface area contributed by atoms with Crippen LogP contribution in [0.25, 0.3) is 0 Å². The standard InChI is InChI=1S/C15H17ClN4O/c1-3-20(4-2)14-9-8-11(10-17-14)18-15(21)12-6-5-7-13(16)19-12/h5-10H,3-4H2,1-2H3,(H,18,21). The van der Waals surface area contributed by atoms with Gasteiger partial charge in [-0.2, -0.15) is 0 Å². The number of hydrogen-bond donors (Lipinski definition) is 1. The average molecular weight is 305 g/mol. The third-order valence-electron chi connectivity index (χ3n) is 3.04. The van der Waals surface area contributed by atoms with Crippen molar-refractivity contribution in [2.24, 2.45) is 0 Å². The Morgan fingerprint density at radius 3 is 2.57 bits per heavy atom. The highest BCUT2D eigenvalue weighted by atomic mass is 35.5. The van der Waals surface area contributed by atoms with Crippen LogP contribution in [0.1, 0.15) is 24.3 Å². The summed E-state index contributed by atoms with van der Waals surface area (Å²) in [6.45, 7) is 5.93. The third kappa shape index (κ3) is 3.92. The molecule has 0 radical (unpaired) electrons. The highest BCUT2D eigenvalue weighted by molar-refractivity contribution is 6.29. The van der Waals surface area contributed by atoms with Crippen LogP contribution in [-0.4, -0.2) is 29.0 Å². The lowest BCUT2D eigenvalue weighted by atomic mass is 10.3. The van der Waals surface area contributed by atoms with Gasteiger partial charge in [-0.25, -0.2) is 9.97 Å². The van der Waals surface area contributed by atoms with E-state index in [1.165, 1.54) is 0 Å². The Bertz CT molecular complexity index is 611. The molecule has 2 aromatic rings. The first-order valence-corrected chi connectivity index (χ1v) is 7.16. The lowest BCUT2D eigenvalue weighted by Crippen LogP contribution is -2.23. The molecule has 110 valence electrons. The monoisotopic (exact) mass is 304 g/mol. The second-order valence-electron chi connectivity index (χ2n) is 4.38. The number of amides is 1. The molecule has 0 atom stereocenters. The number of halogens is 1. The summed E-state index contributed by atoms with van der Waals surface area (Å²) in [4.78, 5) is 22.5. The zero-order valence-electron chi connectivity index (χ0n) is 12.0. The molecule has 0 saturated heterocycles. The van der Waals surface area contributed by atoms with Crippen molar-refractivity contribution in [3.8, 4) is 0 Å². The number of pyridine rings is 2. The van der Waals surface area contributed by atoms with Gasteiger partial charge in [0.15, 0.2) is 0 Å². The normalized spacial score (nSPS) is 10.2. The van der Waals surface area contributed by atoms with Crippen LogP contribution < -0.4 is 10.2 Å². The molecule has 0 fully saturated rings. The Morgan fingerprint density at radius 2 is 2.00 bits per heavy atom. The SMILES string of the molecule is CCN(CC)c1ccc(NC(=O)c2cccc(Cl)n2)cn1. The van der Waals surface area contributed by atoms with Gasteiger partial charge in [0.05, 0.1) is 11.9 Å². The predicted molar refractivity (Wildman–Crippen MR) is 85.0 cm³/mol. The van der Waals surface area contributed by atoms with E-state index in [0.717, 1.165) is 18.9 Å². The minimum absolute atomic E-state index is 0.273. The molecule has 1 amide bonds. The molecular formula is C15H17ClN4O. The van der Waals surface area contributed by atoms with Gasteiger partial charge in [-0.05, 0) is 38.1 Å². The van der Waals surface area contributed by atoms with Crippen molar-refractivity contribution in [1.29, 1.82) is 0 Å². The first-order chi connectivity index (χ1) is 10.1. The summed E-state index contributed by atoms with van der Waals surface area (Å²) in [5.41, 5.74) is 0.896. The summed E-state index contributed by atoms with van der Waals surface area (Å²) in [6, 6.07) is 8.63. The minimum Gasteiger partial charge on any atom is -0.357 e. The van der Waals surface area contributed by atoms with Gasteiger partial charge in [-0.3, -0.25) is 4.79 Å². The molecule has 0 aliphatic heterocycles. The maximum absolute atomic E-state index is 12.0. The maximum Gasteiger partial charge on any atom is 0.274 e. The second kappa shape index (κ2) is 7.04. The molecule has 0 aromatic carbocycles. The fraction of sp³-hybridized carbons (Fsp3) is 0.267. The summed E-state index contributed by atoms with van der Waals surface area (Å²) in [7, 11) is 0. The molecule has 1 N–H and O–H groups in total. The van der Waals surface area contributed by atoms with Crippen molar-refractivity contribution in [2.45, 2.75) is 13.8 Å². The van der Waals surface area contributed by atoms with Crippen LogP contribution in [0.4, 0.5) is 11.5 Å². The highest BCUT2D eigenvalue weighted by Gasteiger charge is 2.09. The molecule has 2 heterocycles. The van der Waals surface area contributed by atoms with E-state index in [1.54, 1.807) is 24.4 Å². The highest BCUT2D eigenvalue weighted by Crippen LogP contribution is 2.15. The van der Waals surface area contributed by atoms with Crippen LogP contribution in [0.2, 0.25) is 5.15 Å². The van der Waals surface area contributed by atoms with Gasteiger partial charge in [0.25, 0.3) is 5.91 Å². The van der Waals surface area contributed by atoms with Crippen molar-refractivity contribution >= 4 is 29.0 Å². The Morgan fingerprint density at radius 1 is 1.24 bits per heavy atom. The van der Waals surface area contributed by atoms with Crippen LogP contribution in [0.3, 0.4) is 0 Å². The largest absolute Gasteiger partial charge is 0.357 e. The number of nitrogens with one attached hydrogen (secondary N) is 1. The number of nitrogens with zero attached hydrogens (tertiary/aromatic N) is 3. The van der Waals surface area contributed by atoms with Crippen molar-refractivity contribution in [2.75, 3.05) is 23.3 Å². The molecule has 0 aliphatic rings. The van der Waals surface area contributed by atoms with Crippen molar-refractivity contribution < 1.29 is 4.79 Å². The second-order valence-corrected chi connectivity index (χ2v) is 4.76. The quantitative estimate of drug-likeness (QED) is 0.862. The number of hydrogen-bond acceptors (Lipinski definition) is 4. The van der Waals surface area contributed by atoms with Gasteiger partial charge in [0, 0.05) is 13.1 Å². The molecule has 2 aromatic heterocycles. The summed E-state index contributed by atoms with van der Waals surface area (Å²) in [5, 5.41) is 3.04. The summed E-state index contributed by atoms with van der Waals surface area (Å²) in [6.07, 6.45) is 1.64. The number of aromatic nitrogens is 2. The lowest BCUT2D eigenvalue weighted by molar-refractivity contribution is 0.102. The number of carbonyl (C=O) groups excluding carboxylic acids is 1. The van der Waals surface area contributed by atoms with Gasteiger partial charge in [-0.15, -0.1) is 0 Å². The Labute approximate surface area is 129 Å². The molecular weight excluding hydrogens is 288 g/mol. The predicted octanol–water partition coefficient (Wildman–Crippen LogP) is 3.23. The minimum atomic E-state index is -0.310. The van der Waals surface area contributed by atoms with Crippen LogP contribution in [0.5, 0.6) is 0 Å². The van der Waals surface area contributed by atoms with Crippen molar-refractivity contribution in [3.63, 3.8) is 0 Å². The lowest BCUT2D eigenvalue weighted by Gasteiger charge is -2.19. The molecule has 0 spiro atoms. The fourth-order valence-electron chi connectivity index (χ4n) is 1.92. The molecule has 0 saturated carbocycles. The van der Waals surface area contributed by atoms with E-state index in [9.17, 15) is 4.79 Å². The summed E-state index contributed by atoms with van der Waals surface area (Å²) in [5.74, 6) is 0.578. The molecule has 6 heteroatoms. The van der Waals surface area contributed by atoms with E-state index in [4.69, 9.17) is 11.6 Å². The average Bonchev–Trinajstić information content (AvgIpc) is 2.50. The molecule has 0 bridgehead atoms. The Hall–Kier alpha value is -2.14. The van der Waals surface area contributed by atoms with Gasteiger partial charge >= 0.3 is 0 Å². The number of carbonyl (C=O) groups is 1. The van der Waals surface area contributed by atoms with E-state index in [0.29, 0.717) is 5.69 Å². The van der Waals surface area contributed by atoms with E-state index >= 15 is 0 Å². The third-order valence-corrected chi connectivity index (χ3v) is 3.25. The van der Waals surface area contributed by atoms with Gasteiger partial charge < -0.3 is 10.2 Å². The molecule has 0 aliphatic carbocycles. The fourth-order valence-corrected chi connectivity index (χ4v) is 2.09. The van der Waals surface area contributed by atoms with Crippen molar-refractivity contribution in [1.82, 2.24) is 9.97 Å². The molecule has 0 unspecified atom stereocenters. The van der Waals surface area contributed by atoms with E-state index in [2.05, 4.69) is 34.0 Å².